The second-order valence-corrected chi connectivity index (χ2v) is 5.11. The van der Waals surface area contributed by atoms with Gasteiger partial charge in [-0.3, -0.25) is 4.90 Å². The highest BCUT2D eigenvalue weighted by atomic mass is 79.9. The average Bonchev–Trinajstić information content (AvgIpc) is 2.38. The van der Waals surface area contributed by atoms with Crippen molar-refractivity contribution in [2.24, 2.45) is 0 Å². The van der Waals surface area contributed by atoms with Crippen molar-refractivity contribution in [3.8, 4) is 6.07 Å². The van der Waals surface area contributed by atoms with Crippen molar-refractivity contribution in [3.63, 3.8) is 0 Å². The van der Waals surface area contributed by atoms with Crippen LogP contribution in [0, 0.1) is 11.3 Å². The molecule has 1 unspecified atom stereocenters. The van der Waals surface area contributed by atoms with Gasteiger partial charge in [-0.05, 0) is 54.1 Å². The normalized spacial score (nSPS) is 12.2. The van der Waals surface area contributed by atoms with Crippen LogP contribution in [0.4, 0.5) is 5.69 Å². The third kappa shape index (κ3) is 4.01. The molecule has 0 aliphatic carbocycles. The first kappa shape index (κ1) is 15.0. The van der Waals surface area contributed by atoms with Gasteiger partial charge in [0.1, 0.15) is 0 Å². The highest BCUT2D eigenvalue weighted by Gasteiger charge is 2.10. The van der Waals surface area contributed by atoms with E-state index in [1.165, 1.54) is 0 Å². The summed E-state index contributed by atoms with van der Waals surface area (Å²) in [6.45, 7) is 9.60. The Morgan fingerprint density at radius 3 is 2.56 bits per heavy atom. The molecule has 98 valence electrons. The quantitative estimate of drug-likeness (QED) is 0.874. The highest BCUT2D eigenvalue weighted by molar-refractivity contribution is 9.10. The first-order chi connectivity index (χ1) is 8.62. The molecule has 18 heavy (non-hydrogen) atoms. The fraction of sp³-hybridized carbons (Fsp3) is 0.500. The summed E-state index contributed by atoms with van der Waals surface area (Å²) in [4.78, 5) is 2.41. The lowest BCUT2D eigenvalue weighted by molar-refractivity contribution is 0.240. The van der Waals surface area contributed by atoms with Gasteiger partial charge in [-0.15, -0.1) is 0 Å². The maximum atomic E-state index is 8.81. The van der Waals surface area contributed by atoms with Gasteiger partial charge in [0, 0.05) is 22.7 Å². The smallest absolute Gasteiger partial charge is 0.0992 e. The van der Waals surface area contributed by atoms with Crippen LogP contribution in [0.5, 0.6) is 0 Å². The maximum Gasteiger partial charge on any atom is 0.0992 e. The molecule has 1 aromatic rings. The Hall–Kier alpha value is -1.05. The summed E-state index contributed by atoms with van der Waals surface area (Å²) in [7, 11) is 0. The molecule has 0 heterocycles. The first-order valence-corrected chi connectivity index (χ1v) is 7.09. The van der Waals surface area contributed by atoms with Crippen molar-refractivity contribution < 1.29 is 0 Å². The van der Waals surface area contributed by atoms with Gasteiger partial charge in [-0.25, -0.2) is 0 Å². The minimum Gasteiger partial charge on any atom is -0.383 e. The molecule has 0 aromatic heterocycles. The SMILES string of the molecule is CCN(CC)C(C)CNc1ccc(C#N)cc1Br. The average molecular weight is 310 g/mol. The van der Waals surface area contributed by atoms with Crippen molar-refractivity contribution in [1.82, 2.24) is 4.90 Å². The van der Waals surface area contributed by atoms with E-state index in [0.717, 1.165) is 29.8 Å². The second kappa shape index (κ2) is 7.40. The van der Waals surface area contributed by atoms with Crippen LogP contribution >= 0.6 is 15.9 Å². The van der Waals surface area contributed by atoms with E-state index in [0.29, 0.717) is 11.6 Å². The molecule has 0 spiro atoms. The molecule has 0 fully saturated rings. The van der Waals surface area contributed by atoms with Gasteiger partial charge in [0.05, 0.1) is 11.6 Å². The number of anilines is 1. The summed E-state index contributed by atoms with van der Waals surface area (Å²) < 4.78 is 0.938. The molecule has 0 bridgehead atoms. The second-order valence-electron chi connectivity index (χ2n) is 4.26. The Kier molecular flexibility index (Phi) is 6.17. The molecule has 0 radical (unpaired) electrons. The summed E-state index contributed by atoms with van der Waals surface area (Å²) in [6.07, 6.45) is 0. The van der Waals surface area contributed by atoms with E-state index in [1.54, 1.807) is 0 Å². The lowest BCUT2D eigenvalue weighted by Gasteiger charge is -2.27. The fourth-order valence-electron chi connectivity index (χ4n) is 1.96. The van der Waals surface area contributed by atoms with Crippen molar-refractivity contribution in [3.05, 3.63) is 28.2 Å². The summed E-state index contributed by atoms with van der Waals surface area (Å²) in [6, 6.07) is 8.23. The zero-order valence-electron chi connectivity index (χ0n) is 11.2. The highest BCUT2D eigenvalue weighted by Crippen LogP contribution is 2.23. The van der Waals surface area contributed by atoms with Crippen molar-refractivity contribution in [2.75, 3.05) is 25.0 Å². The standard InChI is InChI=1S/C14H20BrN3/c1-4-18(5-2)11(3)10-17-14-7-6-12(9-16)8-13(14)15/h6-8,11,17H,4-5,10H2,1-3H3. The van der Waals surface area contributed by atoms with Gasteiger partial charge in [0.25, 0.3) is 0 Å². The van der Waals surface area contributed by atoms with Crippen molar-refractivity contribution in [2.45, 2.75) is 26.8 Å². The van der Waals surface area contributed by atoms with Crippen molar-refractivity contribution >= 4 is 21.6 Å². The van der Waals surface area contributed by atoms with E-state index in [2.05, 4.69) is 53.0 Å². The van der Waals surface area contributed by atoms with Gasteiger partial charge in [0.15, 0.2) is 0 Å². The lowest BCUT2D eigenvalue weighted by Crippen LogP contribution is -2.37. The number of nitrogens with zero attached hydrogens (tertiary/aromatic N) is 2. The Balaban J connectivity index is 2.61. The number of rotatable bonds is 6. The predicted molar refractivity (Wildman–Crippen MR) is 79.7 cm³/mol. The van der Waals surface area contributed by atoms with Crippen molar-refractivity contribution in [1.29, 1.82) is 5.26 Å². The third-order valence-electron chi connectivity index (χ3n) is 3.12. The van der Waals surface area contributed by atoms with E-state index in [-0.39, 0.29) is 0 Å². The van der Waals surface area contributed by atoms with E-state index in [4.69, 9.17) is 5.26 Å². The number of nitriles is 1. The topological polar surface area (TPSA) is 39.1 Å². The van der Waals surface area contributed by atoms with Gasteiger partial charge < -0.3 is 5.32 Å². The Labute approximate surface area is 118 Å². The van der Waals surface area contributed by atoms with Crippen LogP contribution in [0.15, 0.2) is 22.7 Å². The summed E-state index contributed by atoms with van der Waals surface area (Å²) in [5.41, 5.74) is 1.71. The molecule has 0 saturated heterocycles. The fourth-order valence-corrected chi connectivity index (χ4v) is 2.48. The Morgan fingerprint density at radius 1 is 1.39 bits per heavy atom. The number of benzene rings is 1. The predicted octanol–water partition coefficient (Wildman–Crippen LogP) is 3.46. The summed E-state index contributed by atoms with van der Waals surface area (Å²) >= 11 is 3.48. The third-order valence-corrected chi connectivity index (χ3v) is 3.78. The van der Waals surface area contributed by atoms with E-state index in [9.17, 15) is 0 Å². The molecule has 3 nitrogen and oxygen atoms in total. The first-order valence-electron chi connectivity index (χ1n) is 6.29. The van der Waals surface area contributed by atoms with E-state index >= 15 is 0 Å². The summed E-state index contributed by atoms with van der Waals surface area (Å²) in [5, 5.41) is 12.2. The van der Waals surface area contributed by atoms with Crippen LogP contribution in [0.3, 0.4) is 0 Å². The van der Waals surface area contributed by atoms with Gasteiger partial charge in [-0.1, -0.05) is 13.8 Å². The number of nitrogens with one attached hydrogen (secondary N) is 1. The molecule has 0 aliphatic heterocycles. The molecule has 1 rings (SSSR count). The van der Waals surface area contributed by atoms with Gasteiger partial charge in [0.2, 0.25) is 0 Å². The molecule has 0 saturated carbocycles. The lowest BCUT2D eigenvalue weighted by atomic mass is 10.2. The molecular formula is C14H20BrN3. The largest absolute Gasteiger partial charge is 0.383 e. The van der Waals surface area contributed by atoms with E-state index in [1.807, 2.05) is 18.2 Å². The zero-order chi connectivity index (χ0) is 13.5. The molecule has 1 atom stereocenters. The molecular weight excluding hydrogens is 290 g/mol. The van der Waals surface area contributed by atoms with Gasteiger partial charge >= 0.3 is 0 Å². The minimum atomic E-state index is 0.488. The van der Waals surface area contributed by atoms with Crippen LogP contribution in [0.25, 0.3) is 0 Å². The monoisotopic (exact) mass is 309 g/mol. The van der Waals surface area contributed by atoms with Gasteiger partial charge in [-0.2, -0.15) is 5.26 Å². The van der Waals surface area contributed by atoms with E-state index < -0.39 is 0 Å². The molecule has 1 aromatic carbocycles. The number of halogens is 1. The Bertz CT molecular complexity index is 422. The maximum absolute atomic E-state index is 8.81. The Morgan fingerprint density at radius 2 is 2.06 bits per heavy atom. The minimum absolute atomic E-state index is 0.488. The number of hydrogen-bond acceptors (Lipinski definition) is 3. The summed E-state index contributed by atoms with van der Waals surface area (Å²) in [5.74, 6) is 0. The van der Waals surface area contributed by atoms with Crippen LogP contribution in [-0.4, -0.2) is 30.6 Å². The van der Waals surface area contributed by atoms with Crippen LogP contribution in [0.1, 0.15) is 26.3 Å². The van der Waals surface area contributed by atoms with Crippen LogP contribution in [-0.2, 0) is 0 Å². The van der Waals surface area contributed by atoms with Crippen LogP contribution < -0.4 is 5.32 Å². The zero-order valence-corrected chi connectivity index (χ0v) is 12.8. The molecule has 4 heteroatoms. The molecule has 0 aliphatic rings. The molecule has 0 amide bonds. The number of likely N-dealkylation sites (N-methyl/N-ethyl adjacent to an activating group) is 1. The molecule has 1 N–H and O–H groups in total. The number of hydrogen-bond donors (Lipinski definition) is 1. The van der Waals surface area contributed by atoms with Crippen LogP contribution in [0.2, 0.25) is 0 Å².